The monoisotopic (exact) mass is 282 g/mol. The molecule has 1 aliphatic rings. The minimum Gasteiger partial charge on any atom is -0.507 e. The first-order chi connectivity index (χ1) is 10.2. The predicted molar refractivity (Wildman–Crippen MR) is 81.5 cm³/mol. The van der Waals surface area contributed by atoms with Crippen molar-refractivity contribution in [2.24, 2.45) is 0 Å². The molecule has 21 heavy (non-hydrogen) atoms. The zero-order valence-electron chi connectivity index (χ0n) is 12.0. The van der Waals surface area contributed by atoms with Gasteiger partial charge >= 0.3 is 5.97 Å². The largest absolute Gasteiger partial charge is 0.507 e. The second kappa shape index (κ2) is 5.60. The average Bonchev–Trinajstić information content (AvgIpc) is 3.32. The van der Waals surface area contributed by atoms with Crippen LogP contribution in [0.25, 0.3) is 11.1 Å². The Labute approximate surface area is 124 Å². The van der Waals surface area contributed by atoms with E-state index in [1.807, 2.05) is 36.4 Å². The first kappa shape index (κ1) is 13.7. The summed E-state index contributed by atoms with van der Waals surface area (Å²) in [6.07, 6.45) is 2.29. The van der Waals surface area contributed by atoms with Crippen LogP contribution in [0.3, 0.4) is 0 Å². The molecule has 0 saturated heterocycles. The number of hydrogen-bond donors (Lipinski definition) is 1. The molecule has 1 N–H and O–H groups in total. The van der Waals surface area contributed by atoms with Crippen LogP contribution in [0.5, 0.6) is 5.75 Å². The molecule has 3 rings (SSSR count). The molecule has 3 heteroatoms. The summed E-state index contributed by atoms with van der Waals surface area (Å²) in [7, 11) is 0. The van der Waals surface area contributed by atoms with Crippen molar-refractivity contribution in [3.05, 3.63) is 53.6 Å². The first-order valence-corrected chi connectivity index (χ1v) is 7.30. The summed E-state index contributed by atoms with van der Waals surface area (Å²) in [5.74, 6) is 0.0440. The Morgan fingerprint density at radius 1 is 1.24 bits per heavy atom. The van der Waals surface area contributed by atoms with E-state index in [9.17, 15) is 9.90 Å². The Hall–Kier alpha value is -2.29. The number of ether oxygens (including phenoxy) is 1. The van der Waals surface area contributed by atoms with Gasteiger partial charge in [0.05, 0.1) is 6.61 Å². The van der Waals surface area contributed by atoms with E-state index < -0.39 is 5.97 Å². The van der Waals surface area contributed by atoms with Crippen molar-refractivity contribution in [1.29, 1.82) is 0 Å². The van der Waals surface area contributed by atoms with E-state index in [4.69, 9.17) is 4.74 Å². The van der Waals surface area contributed by atoms with Crippen molar-refractivity contribution in [3.63, 3.8) is 0 Å². The molecule has 0 atom stereocenters. The van der Waals surface area contributed by atoms with E-state index in [1.54, 1.807) is 13.0 Å². The van der Waals surface area contributed by atoms with Gasteiger partial charge in [-0.15, -0.1) is 0 Å². The van der Waals surface area contributed by atoms with Gasteiger partial charge in [0.25, 0.3) is 0 Å². The van der Waals surface area contributed by atoms with E-state index in [-0.39, 0.29) is 17.9 Å². The number of phenolic OH excluding ortho intramolecular Hbond substituents is 1. The van der Waals surface area contributed by atoms with Gasteiger partial charge in [0.1, 0.15) is 11.3 Å². The molecule has 0 unspecified atom stereocenters. The Balaban J connectivity index is 2.15. The van der Waals surface area contributed by atoms with Crippen molar-refractivity contribution < 1.29 is 14.6 Å². The molecule has 0 aliphatic heterocycles. The zero-order chi connectivity index (χ0) is 14.8. The number of esters is 1. The van der Waals surface area contributed by atoms with Gasteiger partial charge < -0.3 is 9.84 Å². The van der Waals surface area contributed by atoms with Gasteiger partial charge in [-0.3, -0.25) is 0 Å². The third kappa shape index (κ3) is 2.77. The molecule has 0 amide bonds. The lowest BCUT2D eigenvalue weighted by Gasteiger charge is -2.13. The van der Waals surface area contributed by atoms with Crippen molar-refractivity contribution in [3.8, 4) is 16.9 Å². The van der Waals surface area contributed by atoms with Gasteiger partial charge in [0.2, 0.25) is 0 Å². The van der Waals surface area contributed by atoms with Crippen molar-refractivity contribution >= 4 is 5.97 Å². The molecule has 2 aromatic carbocycles. The number of carbonyl (C=O) groups is 1. The Morgan fingerprint density at radius 3 is 2.57 bits per heavy atom. The minimum atomic E-state index is -0.476. The number of aromatic hydroxyl groups is 1. The fourth-order valence-corrected chi connectivity index (χ4v) is 2.56. The number of benzene rings is 2. The third-order valence-electron chi connectivity index (χ3n) is 3.75. The molecule has 1 aliphatic carbocycles. The molecule has 0 heterocycles. The molecule has 0 aromatic heterocycles. The van der Waals surface area contributed by atoms with E-state index in [2.05, 4.69) is 0 Å². The second-order valence-corrected chi connectivity index (χ2v) is 5.32. The summed E-state index contributed by atoms with van der Waals surface area (Å²) < 4.78 is 5.09. The highest BCUT2D eigenvalue weighted by Crippen LogP contribution is 2.44. The zero-order valence-corrected chi connectivity index (χ0v) is 12.0. The van der Waals surface area contributed by atoms with Crippen molar-refractivity contribution in [2.45, 2.75) is 25.7 Å². The summed E-state index contributed by atoms with van der Waals surface area (Å²) in [4.78, 5) is 12.2. The summed E-state index contributed by atoms with van der Waals surface area (Å²) in [5, 5.41) is 10.3. The first-order valence-electron chi connectivity index (χ1n) is 7.30. The topological polar surface area (TPSA) is 46.5 Å². The number of hydrogen-bond acceptors (Lipinski definition) is 3. The molecule has 3 nitrogen and oxygen atoms in total. The summed E-state index contributed by atoms with van der Waals surface area (Å²) in [6, 6.07) is 13.4. The average molecular weight is 282 g/mol. The fourth-order valence-electron chi connectivity index (χ4n) is 2.56. The maximum atomic E-state index is 12.2. The third-order valence-corrected chi connectivity index (χ3v) is 3.75. The molecule has 2 aromatic rings. The van der Waals surface area contributed by atoms with Crippen LogP contribution in [-0.4, -0.2) is 17.7 Å². The standard InChI is InChI=1S/C18H18O3/c1-2-21-18(20)17-15(13-6-4-3-5-7-13)10-14(11-16(17)19)12-8-9-12/h3-7,10-12,19H,2,8-9H2,1H3. The Bertz CT molecular complexity index is 658. The van der Waals surface area contributed by atoms with E-state index in [0.29, 0.717) is 5.92 Å². The van der Waals surface area contributed by atoms with E-state index in [0.717, 1.165) is 29.5 Å². The SMILES string of the molecule is CCOC(=O)c1c(O)cc(C2CC2)cc1-c1ccccc1. The molecular weight excluding hydrogens is 264 g/mol. The summed E-state index contributed by atoms with van der Waals surface area (Å²) >= 11 is 0. The Morgan fingerprint density at radius 2 is 1.95 bits per heavy atom. The normalized spacial score (nSPS) is 14.0. The molecular formula is C18H18O3. The minimum absolute atomic E-state index is 0.0108. The van der Waals surface area contributed by atoms with Gasteiger partial charge in [-0.2, -0.15) is 0 Å². The maximum Gasteiger partial charge on any atom is 0.342 e. The molecule has 108 valence electrons. The maximum absolute atomic E-state index is 12.2. The molecule has 0 radical (unpaired) electrons. The predicted octanol–water partition coefficient (Wildman–Crippen LogP) is 4.11. The van der Waals surface area contributed by atoms with Gasteiger partial charge in [0, 0.05) is 5.56 Å². The molecule has 0 bridgehead atoms. The second-order valence-electron chi connectivity index (χ2n) is 5.32. The van der Waals surface area contributed by atoms with E-state index >= 15 is 0 Å². The van der Waals surface area contributed by atoms with Crippen LogP contribution < -0.4 is 0 Å². The lowest BCUT2D eigenvalue weighted by atomic mass is 9.95. The van der Waals surface area contributed by atoms with Crippen molar-refractivity contribution in [2.75, 3.05) is 6.61 Å². The fraction of sp³-hybridized carbons (Fsp3) is 0.278. The highest BCUT2D eigenvalue weighted by molar-refractivity contribution is 6.00. The van der Waals surface area contributed by atoms with Crippen LogP contribution in [0.1, 0.15) is 41.6 Å². The van der Waals surface area contributed by atoms with Crippen LogP contribution in [0.15, 0.2) is 42.5 Å². The molecule has 1 fully saturated rings. The molecule has 1 saturated carbocycles. The quantitative estimate of drug-likeness (QED) is 0.858. The Kier molecular flexibility index (Phi) is 3.65. The number of rotatable bonds is 4. The lowest BCUT2D eigenvalue weighted by molar-refractivity contribution is 0.0524. The van der Waals surface area contributed by atoms with Gasteiger partial charge in [-0.1, -0.05) is 30.3 Å². The van der Waals surface area contributed by atoms with Crippen LogP contribution in [0.2, 0.25) is 0 Å². The highest BCUT2D eigenvalue weighted by Gasteiger charge is 2.27. The lowest BCUT2D eigenvalue weighted by Crippen LogP contribution is -2.07. The number of phenols is 1. The number of carbonyl (C=O) groups excluding carboxylic acids is 1. The smallest absolute Gasteiger partial charge is 0.342 e. The summed E-state index contributed by atoms with van der Waals surface area (Å²) in [6.45, 7) is 2.05. The van der Waals surface area contributed by atoms with Gasteiger partial charge in [-0.05, 0) is 48.9 Å². The highest BCUT2D eigenvalue weighted by atomic mass is 16.5. The van der Waals surface area contributed by atoms with Gasteiger partial charge in [-0.25, -0.2) is 4.79 Å². The van der Waals surface area contributed by atoms with E-state index in [1.165, 1.54) is 0 Å². The van der Waals surface area contributed by atoms with Crippen LogP contribution in [-0.2, 0) is 4.74 Å². The van der Waals surface area contributed by atoms with Crippen molar-refractivity contribution in [1.82, 2.24) is 0 Å². The van der Waals surface area contributed by atoms with Crippen LogP contribution in [0, 0.1) is 0 Å². The summed E-state index contributed by atoms with van der Waals surface area (Å²) in [5.41, 5.74) is 3.01. The van der Waals surface area contributed by atoms with Crippen LogP contribution >= 0.6 is 0 Å². The molecule has 0 spiro atoms. The van der Waals surface area contributed by atoms with Gasteiger partial charge in [0.15, 0.2) is 0 Å². The van der Waals surface area contributed by atoms with Crippen LogP contribution in [0.4, 0.5) is 0 Å².